The number of ether oxygens (including phenoxy) is 2. The number of nitrogens with zero attached hydrogens (tertiary/aromatic N) is 1. The van der Waals surface area contributed by atoms with E-state index in [4.69, 9.17) is 9.47 Å². The Bertz CT molecular complexity index is 503. The Kier molecular flexibility index (Phi) is 5.91. The van der Waals surface area contributed by atoms with Crippen LogP contribution in [0.1, 0.15) is 30.1 Å². The first kappa shape index (κ1) is 15.2. The van der Waals surface area contributed by atoms with Gasteiger partial charge in [-0.2, -0.15) is 0 Å². The van der Waals surface area contributed by atoms with Gasteiger partial charge in [0.25, 0.3) is 0 Å². The summed E-state index contributed by atoms with van der Waals surface area (Å²) in [6.07, 6.45) is 4.01. The van der Waals surface area contributed by atoms with Crippen LogP contribution in [0, 0.1) is 0 Å². The van der Waals surface area contributed by atoms with Crippen LogP contribution in [0.3, 0.4) is 0 Å². The minimum atomic E-state index is -0.399. The number of carbonyl (C=O) groups excluding carboxylic acids is 1. The Morgan fingerprint density at radius 3 is 2.43 bits per heavy atom. The summed E-state index contributed by atoms with van der Waals surface area (Å²) in [6, 6.07) is 13.4. The van der Waals surface area contributed by atoms with Crippen LogP contribution in [0.25, 0.3) is 0 Å². The zero-order valence-electron chi connectivity index (χ0n) is 12.1. The number of hydrogen-bond donors (Lipinski definition) is 0. The largest absolute Gasteiger partial charge is 0.453 e. The summed E-state index contributed by atoms with van der Waals surface area (Å²) in [5, 5.41) is 0. The SMILES string of the molecule is COCCCC(=O)OC(c1ccccc1)c1ccncc1. The van der Waals surface area contributed by atoms with Gasteiger partial charge >= 0.3 is 5.97 Å². The predicted molar refractivity (Wildman–Crippen MR) is 79.7 cm³/mol. The summed E-state index contributed by atoms with van der Waals surface area (Å²) in [4.78, 5) is 16.0. The molecule has 0 fully saturated rings. The van der Waals surface area contributed by atoms with Crippen molar-refractivity contribution in [2.24, 2.45) is 0 Å². The molecule has 2 rings (SSSR count). The maximum atomic E-state index is 12.0. The lowest BCUT2D eigenvalue weighted by Gasteiger charge is -2.18. The zero-order chi connectivity index (χ0) is 14.9. The third kappa shape index (κ3) is 4.68. The Hall–Kier alpha value is -2.20. The first-order chi connectivity index (χ1) is 10.3. The molecule has 4 heteroatoms. The van der Waals surface area contributed by atoms with Crippen molar-refractivity contribution in [3.63, 3.8) is 0 Å². The molecule has 0 aliphatic rings. The molecule has 21 heavy (non-hydrogen) atoms. The normalized spacial score (nSPS) is 11.9. The quantitative estimate of drug-likeness (QED) is 0.579. The number of carbonyl (C=O) groups is 1. The van der Waals surface area contributed by atoms with E-state index in [0.717, 1.165) is 11.1 Å². The highest BCUT2D eigenvalue weighted by molar-refractivity contribution is 5.70. The van der Waals surface area contributed by atoms with E-state index in [1.807, 2.05) is 42.5 Å². The van der Waals surface area contributed by atoms with Gasteiger partial charge in [-0.15, -0.1) is 0 Å². The second kappa shape index (κ2) is 8.17. The van der Waals surface area contributed by atoms with Gasteiger partial charge in [0, 0.05) is 38.1 Å². The molecule has 1 atom stereocenters. The van der Waals surface area contributed by atoms with E-state index in [0.29, 0.717) is 19.4 Å². The highest BCUT2D eigenvalue weighted by Gasteiger charge is 2.18. The van der Waals surface area contributed by atoms with Gasteiger partial charge in [-0.05, 0) is 24.1 Å². The molecule has 4 nitrogen and oxygen atoms in total. The topological polar surface area (TPSA) is 48.4 Å². The van der Waals surface area contributed by atoms with E-state index in [1.165, 1.54) is 0 Å². The summed E-state index contributed by atoms with van der Waals surface area (Å²) < 4.78 is 10.6. The molecule has 1 aromatic heterocycles. The molecule has 0 N–H and O–H groups in total. The number of esters is 1. The number of methoxy groups -OCH3 is 1. The molecule has 2 aromatic rings. The maximum Gasteiger partial charge on any atom is 0.306 e. The summed E-state index contributed by atoms with van der Waals surface area (Å²) in [6.45, 7) is 0.556. The standard InChI is InChI=1S/C17H19NO3/c1-20-13-5-8-16(19)21-17(14-6-3-2-4-7-14)15-9-11-18-12-10-15/h2-4,6-7,9-12,17H,5,8,13H2,1H3. The van der Waals surface area contributed by atoms with Crippen molar-refractivity contribution in [2.75, 3.05) is 13.7 Å². The molecule has 0 spiro atoms. The predicted octanol–water partition coefficient (Wildman–Crippen LogP) is 3.14. The smallest absolute Gasteiger partial charge is 0.306 e. The van der Waals surface area contributed by atoms with Crippen LogP contribution < -0.4 is 0 Å². The van der Waals surface area contributed by atoms with Crippen molar-refractivity contribution >= 4 is 5.97 Å². The Labute approximate surface area is 124 Å². The van der Waals surface area contributed by atoms with Gasteiger partial charge in [0.2, 0.25) is 0 Å². The monoisotopic (exact) mass is 285 g/mol. The summed E-state index contributed by atoms with van der Waals surface area (Å²) in [5.41, 5.74) is 1.86. The van der Waals surface area contributed by atoms with Crippen molar-refractivity contribution in [1.29, 1.82) is 0 Å². The molecule has 0 aliphatic heterocycles. The van der Waals surface area contributed by atoms with E-state index < -0.39 is 6.10 Å². The van der Waals surface area contributed by atoms with Gasteiger partial charge in [0.05, 0.1) is 0 Å². The Morgan fingerprint density at radius 2 is 1.76 bits per heavy atom. The molecule has 1 heterocycles. The number of hydrogen-bond acceptors (Lipinski definition) is 4. The van der Waals surface area contributed by atoms with E-state index in [-0.39, 0.29) is 5.97 Å². The average molecular weight is 285 g/mol. The second-order valence-electron chi connectivity index (χ2n) is 4.66. The molecule has 0 amide bonds. The van der Waals surface area contributed by atoms with Gasteiger partial charge < -0.3 is 9.47 Å². The number of aromatic nitrogens is 1. The maximum absolute atomic E-state index is 12.0. The molecule has 1 aromatic carbocycles. The number of benzene rings is 1. The molecule has 0 saturated carbocycles. The third-order valence-corrected chi connectivity index (χ3v) is 3.09. The number of pyridine rings is 1. The van der Waals surface area contributed by atoms with Crippen LogP contribution in [0.15, 0.2) is 54.9 Å². The molecule has 0 radical (unpaired) electrons. The van der Waals surface area contributed by atoms with Crippen LogP contribution in [-0.2, 0) is 14.3 Å². The highest BCUT2D eigenvalue weighted by atomic mass is 16.5. The van der Waals surface area contributed by atoms with E-state index in [2.05, 4.69) is 4.98 Å². The van der Waals surface area contributed by atoms with Crippen LogP contribution in [0.4, 0.5) is 0 Å². The van der Waals surface area contributed by atoms with E-state index in [1.54, 1.807) is 19.5 Å². The molecule has 1 unspecified atom stereocenters. The zero-order valence-corrected chi connectivity index (χ0v) is 12.1. The Morgan fingerprint density at radius 1 is 1.10 bits per heavy atom. The molecule has 110 valence electrons. The lowest BCUT2D eigenvalue weighted by Crippen LogP contribution is -2.13. The van der Waals surface area contributed by atoms with E-state index >= 15 is 0 Å². The molecular weight excluding hydrogens is 266 g/mol. The van der Waals surface area contributed by atoms with Crippen molar-refractivity contribution in [2.45, 2.75) is 18.9 Å². The average Bonchev–Trinajstić information content (AvgIpc) is 2.54. The van der Waals surface area contributed by atoms with Crippen molar-refractivity contribution in [3.8, 4) is 0 Å². The third-order valence-electron chi connectivity index (χ3n) is 3.09. The minimum Gasteiger partial charge on any atom is -0.453 e. The van der Waals surface area contributed by atoms with Crippen LogP contribution in [0.2, 0.25) is 0 Å². The first-order valence-electron chi connectivity index (χ1n) is 6.94. The first-order valence-corrected chi connectivity index (χ1v) is 6.94. The van der Waals surface area contributed by atoms with Crippen molar-refractivity contribution in [3.05, 3.63) is 66.0 Å². The fourth-order valence-corrected chi connectivity index (χ4v) is 2.05. The van der Waals surface area contributed by atoms with Gasteiger partial charge in [-0.3, -0.25) is 9.78 Å². The molecule has 0 bridgehead atoms. The lowest BCUT2D eigenvalue weighted by molar-refractivity contribution is -0.147. The van der Waals surface area contributed by atoms with Gasteiger partial charge in [0.15, 0.2) is 6.10 Å². The minimum absolute atomic E-state index is 0.224. The second-order valence-corrected chi connectivity index (χ2v) is 4.66. The summed E-state index contributed by atoms with van der Waals surface area (Å²) in [5.74, 6) is -0.224. The number of rotatable bonds is 7. The Balaban J connectivity index is 2.12. The summed E-state index contributed by atoms with van der Waals surface area (Å²) in [7, 11) is 1.62. The molecular formula is C17H19NO3. The van der Waals surface area contributed by atoms with Gasteiger partial charge in [0.1, 0.15) is 0 Å². The van der Waals surface area contributed by atoms with Gasteiger partial charge in [-0.25, -0.2) is 0 Å². The van der Waals surface area contributed by atoms with Crippen molar-refractivity contribution in [1.82, 2.24) is 4.98 Å². The van der Waals surface area contributed by atoms with Crippen LogP contribution in [-0.4, -0.2) is 24.7 Å². The highest BCUT2D eigenvalue weighted by Crippen LogP contribution is 2.26. The fourth-order valence-electron chi connectivity index (χ4n) is 2.05. The molecule has 0 aliphatic carbocycles. The van der Waals surface area contributed by atoms with Crippen LogP contribution in [0.5, 0.6) is 0 Å². The fraction of sp³-hybridized carbons (Fsp3) is 0.294. The van der Waals surface area contributed by atoms with E-state index in [9.17, 15) is 4.79 Å². The van der Waals surface area contributed by atoms with Crippen LogP contribution >= 0.6 is 0 Å². The molecule has 0 saturated heterocycles. The lowest BCUT2D eigenvalue weighted by atomic mass is 10.0. The van der Waals surface area contributed by atoms with Crippen molar-refractivity contribution < 1.29 is 14.3 Å². The van der Waals surface area contributed by atoms with Gasteiger partial charge in [-0.1, -0.05) is 30.3 Å². The summed E-state index contributed by atoms with van der Waals surface area (Å²) >= 11 is 0.